The van der Waals surface area contributed by atoms with Crippen LogP contribution < -0.4 is 14.2 Å². The first-order valence-electron chi connectivity index (χ1n) is 9.75. The predicted molar refractivity (Wildman–Crippen MR) is 106 cm³/mol. The van der Waals surface area contributed by atoms with Crippen molar-refractivity contribution in [3.63, 3.8) is 0 Å². The van der Waals surface area contributed by atoms with Crippen LogP contribution in [0.15, 0.2) is 42.5 Å². The summed E-state index contributed by atoms with van der Waals surface area (Å²) < 4.78 is 30.2. The molecule has 154 valence electrons. The lowest BCUT2D eigenvalue weighted by Crippen LogP contribution is -2.48. The van der Waals surface area contributed by atoms with Crippen LogP contribution >= 0.6 is 0 Å². The summed E-state index contributed by atoms with van der Waals surface area (Å²) in [6.07, 6.45) is 0.806. The SMILES string of the molecule is CN(C)C(=O)N1CC[C@@H](c2ccc(F)cc2)[C@@H](COc2ccc3c(c2)OCO3)C1. The lowest BCUT2D eigenvalue weighted by atomic mass is 9.81. The van der Waals surface area contributed by atoms with E-state index in [0.29, 0.717) is 36.9 Å². The van der Waals surface area contributed by atoms with Crippen LogP contribution in [0.5, 0.6) is 17.2 Å². The first-order valence-corrected chi connectivity index (χ1v) is 9.75. The van der Waals surface area contributed by atoms with Crippen molar-refractivity contribution in [3.05, 3.63) is 53.8 Å². The molecule has 0 bridgehead atoms. The number of benzene rings is 2. The highest BCUT2D eigenvalue weighted by atomic mass is 19.1. The fourth-order valence-electron chi connectivity index (χ4n) is 3.98. The molecule has 0 N–H and O–H groups in total. The highest BCUT2D eigenvalue weighted by Gasteiger charge is 2.33. The average Bonchev–Trinajstić information content (AvgIpc) is 3.20. The van der Waals surface area contributed by atoms with Crippen molar-refractivity contribution in [3.8, 4) is 17.2 Å². The number of carbonyl (C=O) groups is 1. The molecule has 2 atom stereocenters. The van der Waals surface area contributed by atoms with E-state index in [1.807, 2.05) is 35.2 Å². The Balaban J connectivity index is 1.50. The van der Waals surface area contributed by atoms with Crippen LogP contribution in [-0.4, -0.2) is 56.4 Å². The molecule has 0 saturated carbocycles. The maximum atomic E-state index is 13.4. The first-order chi connectivity index (χ1) is 14.0. The minimum absolute atomic E-state index is 0.00404. The number of fused-ring (bicyclic) bond motifs is 1. The van der Waals surface area contributed by atoms with E-state index in [0.717, 1.165) is 12.0 Å². The Morgan fingerprint density at radius 2 is 1.93 bits per heavy atom. The molecule has 1 fully saturated rings. The second-order valence-corrected chi connectivity index (χ2v) is 7.66. The molecule has 29 heavy (non-hydrogen) atoms. The molecule has 2 aromatic rings. The van der Waals surface area contributed by atoms with Crippen LogP contribution in [0.1, 0.15) is 17.9 Å². The molecule has 0 radical (unpaired) electrons. The average molecular weight is 400 g/mol. The third-order valence-electron chi connectivity index (χ3n) is 5.49. The molecule has 1 saturated heterocycles. The number of halogens is 1. The molecule has 6 nitrogen and oxygen atoms in total. The topological polar surface area (TPSA) is 51.2 Å². The highest BCUT2D eigenvalue weighted by Crippen LogP contribution is 2.37. The lowest BCUT2D eigenvalue weighted by Gasteiger charge is -2.39. The maximum absolute atomic E-state index is 13.4. The summed E-state index contributed by atoms with van der Waals surface area (Å²) in [4.78, 5) is 15.9. The third-order valence-corrected chi connectivity index (χ3v) is 5.49. The van der Waals surface area contributed by atoms with Gasteiger partial charge in [-0.3, -0.25) is 0 Å². The molecule has 0 spiro atoms. The Morgan fingerprint density at radius 3 is 2.69 bits per heavy atom. The van der Waals surface area contributed by atoms with E-state index < -0.39 is 0 Å². The van der Waals surface area contributed by atoms with E-state index in [1.165, 1.54) is 12.1 Å². The molecular formula is C22H25FN2O4. The fraction of sp³-hybridized carbons (Fsp3) is 0.409. The number of ether oxygens (including phenoxy) is 3. The van der Waals surface area contributed by atoms with Crippen molar-refractivity contribution >= 4 is 6.03 Å². The van der Waals surface area contributed by atoms with Gasteiger partial charge in [0.2, 0.25) is 6.79 Å². The highest BCUT2D eigenvalue weighted by molar-refractivity contribution is 5.74. The molecule has 4 rings (SSSR count). The number of carbonyl (C=O) groups excluding carboxylic acids is 1. The predicted octanol–water partition coefficient (Wildman–Crippen LogP) is 3.72. The van der Waals surface area contributed by atoms with Gasteiger partial charge in [0.15, 0.2) is 11.5 Å². The lowest BCUT2D eigenvalue weighted by molar-refractivity contribution is 0.109. The molecule has 0 aliphatic carbocycles. The van der Waals surface area contributed by atoms with Gasteiger partial charge in [-0.1, -0.05) is 12.1 Å². The van der Waals surface area contributed by atoms with Crippen LogP contribution in [-0.2, 0) is 0 Å². The number of urea groups is 1. The largest absolute Gasteiger partial charge is 0.493 e. The van der Waals surface area contributed by atoms with Gasteiger partial charge in [-0.2, -0.15) is 0 Å². The van der Waals surface area contributed by atoms with Gasteiger partial charge in [-0.25, -0.2) is 9.18 Å². The molecule has 2 aromatic carbocycles. The van der Waals surface area contributed by atoms with Gasteiger partial charge >= 0.3 is 6.03 Å². The Kier molecular flexibility index (Phi) is 5.47. The summed E-state index contributed by atoms with van der Waals surface area (Å²) in [7, 11) is 3.51. The van der Waals surface area contributed by atoms with Crippen LogP contribution in [0.3, 0.4) is 0 Å². The normalized spacial score (nSPS) is 20.4. The number of piperidine rings is 1. The molecule has 0 unspecified atom stereocenters. The van der Waals surface area contributed by atoms with E-state index in [2.05, 4.69) is 0 Å². The number of rotatable bonds is 4. The summed E-state index contributed by atoms with van der Waals surface area (Å²) in [5.74, 6) is 2.11. The van der Waals surface area contributed by atoms with Crippen molar-refractivity contribution in [1.82, 2.24) is 9.80 Å². The van der Waals surface area contributed by atoms with Crippen molar-refractivity contribution in [2.75, 3.05) is 40.6 Å². The second-order valence-electron chi connectivity index (χ2n) is 7.66. The number of nitrogens with zero attached hydrogens (tertiary/aromatic N) is 2. The van der Waals surface area contributed by atoms with Gasteiger partial charge in [0.25, 0.3) is 0 Å². The van der Waals surface area contributed by atoms with Crippen molar-refractivity contribution in [2.24, 2.45) is 5.92 Å². The zero-order chi connectivity index (χ0) is 20.4. The third kappa shape index (κ3) is 4.23. The number of amides is 2. The fourth-order valence-corrected chi connectivity index (χ4v) is 3.98. The number of likely N-dealkylation sites (tertiary alicyclic amines) is 1. The van der Waals surface area contributed by atoms with Gasteiger partial charge in [-0.05, 0) is 42.2 Å². The first kappa shape index (κ1) is 19.4. The molecule has 2 amide bonds. The van der Waals surface area contributed by atoms with E-state index in [-0.39, 0.29) is 30.5 Å². The summed E-state index contributed by atoms with van der Waals surface area (Å²) in [6, 6.07) is 12.1. The Labute approximate surface area is 169 Å². The van der Waals surface area contributed by atoms with Crippen molar-refractivity contribution in [2.45, 2.75) is 12.3 Å². The van der Waals surface area contributed by atoms with E-state index in [4.69, 9.17) is 14.2 Å². The molecule has 0 aromatic heterocycles. The second kappa shape index (κ2) is 8.19. The summed E-state index contributed by atoms with van der Waals surface area (Å²) >= 11 is 0. The zero-order valence-electron chi connectivity index (χ0n) is 16.6. The Hall–Kier alpha value is -2.96. The van der Waals surface area contributed by atoms with Gasteiger partial charge < -0.3 is 24.0 Å². The molecule has 7 heteroatoms. The van der Waals surface area contributed by atoms with Crippen LogP contribution in [0.2, 0.25) is 0 Å². The van der Waals surface area contributed by atoms with Gasteiger partial charge in [0.05, 0.1) is 6.61 Å². The standard InChI is InChI=1S/C22H25FN2O4/c1-24(2)22(26)25-10-9-19(15-3-5-17(23)6-4-15)16(12-25)13-27-18-7-8-20-21(11-18)29-14-28-20/h3-8,11,16,19H,9-10,12-14H2,1-2H3/t16-,19+/m1/s1. The van der Waals surface area contributed by atoms with Gasteiger partial charge in [-0.15, -0.1) is 0 Å². The smallest absolute Gasteiger partial charge is 0.319 e. The Bertz CT molecular complexity index is 872. The minimum atomic E-state index is -0.248. The molecule has 2 heterocycles. The maximum Gasteiger partial charge on any atom is 0.319 e. The van der Waals surface area contributed by atoms with E-state index in [1.54, 1.807) is 19.0 Å². The molecule has 2 aliphatic heterocycles. The number of hydrogen-bond acceptors (Lipinski definition) is 4. The zero-order valence-corrected chi connectivity index (χ0v) is 16.6. The van der Waals surface area contributed by atoms with Crippen LogP contribution in [0, 0.1) is 11.7 Å². The van der Waals surface area contributed by atoms with Gasteiger partial charge in [0.1, 0.15) is 11.6 Å². The van der Waals surface area contributed by atoms with E-state index in [9.17, 15) is 9.18 Å². The minimum Gasteiger partial charge on any atom is -0.493 e. The quantitative estimate of drug-likeness (QED) is 0.785. The monoisotopic (exact) mass is 400 g/mol. The van der Waals surface area contributed by atoms with Gasteiger partial charge in [0, 0.05) is 39.2 Å². The summed E-state index contributed by atoms with van der Waals surface area (Å²) in [5.41, 5.74) is 1.07. The Morgan fingerprint density at radius 1 is 1.17 bits per heavy atom. The molecule has 2 aliphatic rings. The van der Waals surface area contributed by atoms with E-state index >= 15 is 0 Å². The van der Waals surface area contributed by atoms with Crippen molar-refractivity contribution in [1.29, 1.82) is 0 Å². The number of hydrogen-bond donors (Lipinski definition) is 0. The van der Waals surface area contributed by atoms with Crippen LogP contribution in [0.25, 0.3) is 0 Å². The van der Waals surface area contributed by atoms with Crippen LogP contribution in [0.4, 0.5) is 9.18 Å². The summed E-state index contributed by atoms with van der Waals surface area (Å²) in [6.45, 7) is 1.91. The molecular weight excluding hydrogens is 375 g/mol. The summed E-state index contributed by atoms with van der Waals surface area (Å²) in [5, 5.41) is 0. The van der Waals surface area contributed by atoms with Crippen molar-refractivity contribution < 1.29 is 23.4 Å².